The summed E-state index contributed by atoms with van der Waals surface area (Å²) < 4.78 is 30.8. The van der Waals surface area contributed by atoms with E-state index in [9.17, 15) is 18.3 Å². The summed E-state index contributed by atoms with van der Waals surface area (Å²) in [6, 6.07) is 33.7. The van der Waals surface area contributed by atoms with Crippen LogP contribution >= 0.6 is 11.6 Å². The molecule has 0 saturated heterocycles. The molecule has 1 aliphatic carbocycles. The van der Waals surface area contributed by atoms with Gasteiger partial charge in [0.2, 0.25) is 10.0 Å². The zero-order valence-corrected chi connectivity index (χ0v) is 25.9. The van der Waals surface area contributed by atoms with Crippen molar-refractivity contribution in [3.63, 3.8) is 0 Å². The minimum Gasteiger partial charge on any atom is -0.478 e. The third-order valence-electron chi connectivity index (χ3n) is 8.39. The number of hydrogen-bond acceptors (Lipinski definition) is 3. The van der Waals surface area contributed by atoms with Crippen LogP contribution in [0.15, 0.2) is 103 Å². The summed E-state index contributed by atoms with van der Waals surface area (Å²) >= 11 is 6.59. The third-order valence-corrected chi connectivity index (χ3v) is 10.6. The molecule has 1 aliphatic rings. The van der Waals surface area contributed by atoms with Crippen molar-refractivity contribution in [2.75, 3.05) is 6.54 Å². The van der Waals surface area contributed by atoms with Crippen LogP contribution in [-0.4, -0.2) is 35.9 Å². The standard InChI is InChI=1S/C36H35ClN2O4S/c37-29-18-21-33-32(24-29)31(13-7-8-25-14-16-28(17-15-25)36(40)41)34(22-23-38-44(42,43)30-19-20-30)39(33)35(26-9-3-1-4-10-26)27-11-5-2-6-12-27/h1-6,9-12,14-18,21,24,30,35,38H,7-8,13,19-20,22-23H2,(H,40,41). The number of carboxylic acid groups (broad SMARTS) is 1. The molecular weight excluding hydrogens is 592 g/mol. The van der Waals surface area contributed by atoms with Gasteiger partial charge in [0.1, 0.15) is 0 Å². The molecule has 0 radical (unpaired) electrons. The van der Waals surface area contributed by atoms with Crippen molar-refractivity contribution >= 4 is 38.5 Å². The predicted octanol–water partition coefficient (Wildman–Crippen LogP) is 7.43. The SMILES string of the molecule is O=C(O)c1ccc(CCCc2c(CCNS(=O)(=O)C3CC3)n(C(c3ccccc3)c3ccccc3)c3ccc(Cl)cc23)cc1. The molecule has 0 amide bonds. The molecule has 0 spiro atoms. The fourth-order valence-electron chi connectivity index (χ4n) is 6.10. The second-order valence-corrected chi connectivity index (χ2v) is 13.9. The van der Waals surface area contributed by atoms with Crippen LogP contribution in [0.3, 0.4) is 0 Å². The van der Waals surface area contributed by atoms with E-state index in [1.54, 1.807) is 12.1 Å². The quantitative estimate of drug-likeness (QED) is 0.142. The number of hydrogen-bond donors (Lipinski definition) is 2. The van der Waals surface area contributed by atoms with E-state index in [0.717, 1.165) is 71.0 Å². The Bertz CT molecular complexity index is 1830. The van der Waals surface area contributed by atoms with E-state index in [4.69, 9.17) is 11.6 Å². The fourth-order valence-corrected chi connectivity index (χ4v) is 7.65. The van der Waals surface area contributed by atoms with Crippen LogP contribution < -0.4 is 4.72 Å². The van der Waals surface area contributed by atoms with Gasteiger partial charge in [0.15, 0.2) is 0 Å². The number of aryl methyl sites for hydroxylation is 2. The average molecular weight is 627 g/mol. The summed E-state index contributed by atoms with van der Waals surface area (Å²) in [5, 5.41) is 10.7. The number of nitrogens with zero attached hydrogens (tertiary/aromatic N) is 1. The first kappa shape index (κ1) is 30.1. The topological polar surface area (TPSA) is 88.4 Å². The molecule has 1 fully saturated rings. The summed E-state index contributed by atoms with van der Waals surface area (Å²) in [5.41, 5.74) is 6.91. The Balaban J connectivity index is 1.43. The molecule has 6 rings (SSSR count). The molecule has 1 saturated carbocycles. The van der Waals surface area contributed by atoms with Crippen LogP contribution in [0.1, 0.15) is 63.6 Å². The lowest BCUT2D eigenvalue weighted by molar-refractivity contribution is 0.0697. The average Bonchev–Trinajstić information content (AvgIpc) is 3.86. The minimum absolute atomic E-state index is 0.131. The zero-order chi connectivity index (χ0) is 30.7. The predicted molar refractivity (Wildman–Crippen MR) is 176 cm³/mol. The highest BCUT2D eigenvalue weighted by Gasteiger charge is 2.35. The molecule has 0 bridgehead atoms. The Kier molecular flexibility index (Phi) is 8.89. The van der Waals surface area contributed by atoms with E-state index < -0.39 is 16.0 Å². The first-order valence-electron chi connectivity index (χ1n) is 15.0. The lowest BCUT2D eigenvalue weighted by Crippen LogP contribution is -2.30. The summed E-state index contributed by atoms with van der Waals surface area (Å²) in [7, 11) is -3.33. The van der Waals surface area contributed by atoms with Gasteiger partial charge in [-0.2, -0.15) is 0 Å². The van der Waals surface area contributed by atoms with E-state index in [-0.39, 0.29) is 16.9 Å². The molecule has 44 heavy (non-hydrogen) atoms. The van der Waals surface area contributed by atoms with Gasteiger partial charge in [-0.15, -0.1) is 0 Å². The second-order valence-electron chi connectivity index (χ2n) is 11.4. The Morgan fingerprint density at radius 1 is 0.864 bits per heavy atom. The zero-order valence-electron chi connectivity index (χ0n) is 24.3. The number of sulfonamides is 1. The molecule has 8 heteroatoms. The number of rotatable bonds is 13. The lowest BCUT2D eigenvalue weighted by atomic mass is 9.97. The van der Waals surface area contributed by atoms with E-state index in [0.29, 0.717) is 18.0 Å². The molecule has 0 atom stereocenters. The Morgan fingerprint density at radius 2 is 1.50 bits per heavy atom. The normalized spacial score (nSPS) is 13.5. The number of benzene rings is 4. The van der Waals surface area contributed by atoms with Crippen LogP contribution in [0.2, 0.25) is 5.02 Å². The van der Waals surface area contributed by atoms with E-state index in [2.05, 4.69) is 39.6 Å². The maximum atomic E-state index is 12.8. The molecule has 0 unspecified atom stereocenters. The molecular formula is C36H35ClN2O4S. The van der Waals surface area contributed by atoms with Crippen molar-refractivity contribution in [3.05, 3.63) is 142 Å². The van der Waals surface area contributed by atoms with Gasteiger partial charge in [-0.05, 0) is 84.7 Å². The van der Waals surface area contributed by atoms with Gasteiger partial charge in [0.25, 0.3) is 0 Å². The van der Waals surface area contributed by atoms with Gasteiger partial charge in [-0.1, -0.05) is 84.4 Å². The highest BCUT2D eigenvalue weighted by molar-refractivity contribution is 7.90. The molecule has 4 aromatic carbocycles. The third kappa shape index (κ3) is 6.60. The molecule has 1 heterocycles. The second kappa shape index (κ2) is 13.0. The Morgan fingerprint density at radius 3 is 2.09 bits per heavy atom. The highest BCUT2D eigenvalue weighted by Crippen LogP contribution is 2.38. The first-order chi connectivity index (χ1) is 21.3. The summed E-state index contributed by atoms with van der Waals surface area (Å²) in [5.74, 6) is -0.936. The summed E-state index contributed by atoms with van der Waals surface area (Å²) in [6.07, 6.45) is 4.33. The number of aromatic nitrogens is 1. The van der Waals surface area contributed by atoms with Crippen LogP contribution in [0.4, 0.5) is 0 Å². The number of carboxylic acids is 1. The van der Waals surface area contributed by atoms with Crippen molar-refractivity contribution in [2.45, 2.75) is 49.8 Å². The Hall–Kier alpha value is -3.91. The van der Waals surface area contributed by atoms with Crippen molar-refractivity contribution < 1.29 is 18.3 Å². The number of nitrogens with one attached hydrogen (secondary N) is 1. The first-order valence-corrected chi connectivity index (χ1v) is 17.0. The minimum atomic E-state index is -3.33. The Labute approximate surface area is 263 Å². The van der Waals surface area contributed by atoms with Gasteiger partial charge in [0, 0.05) is 34.6 Å². The van der Waals surface area contributed by atoms with Crippen LogP contribution in [0, 0.1) is 0 Å². The van der Waals surface area contributed by atoms with Crippen molar-refractivity contribution in [3.8, 4) is 0 Å². The molecule has 226 valence electrons. The highest BCUT2D eigenvalue weighted by atomic mass is 35.5. The monoisotopic (exact) mass is 626 g/mol. The van der Waals surface area contributed by atoms with E-state index in [1.807, 2.05) is 60.7 Å². The van der Waals surface area contributed by atoms with Crippen LogP contribution in [0.5, 0.6) is 0 Å². The number of carbonyl (C=O) groups is 1. The lowest BCUT2D eigenvalue weighted by Gasteiger charge is -2.25. The van der Waals surface area contributed by atoms with Gasteiger partial charge in [-0.25, -0.2) is 17.9 Å². The molecule has 0 aliphatic heterocycles. The molecule has 6 nitrogen and oxygen atoms in total. The summed E-state index contributed by atoms with van der Waals surface area (Å²) in [6.45, 7) is 0.308. The van der Waals surface area contributed by atoms with Crippen LogP contribution in [-0.2, 0) is 29.3 Å². The van der Waals surface area contributed by atoms with Crippen molar-refractivity contribution in [1.82, 2.24) is 9.29 Å². The van der Waals surface area contributed by atoms with Crippen LogP contribution in [0.25, 0.3) is 10.9 Å². The van der Waals surface area contributed by atoms with Crippen molar-refractivity contribution in [2.24, 2.45) is 0 Å². The van der Waals surface area contributed by atoms with Gasteiger partial charge in [-0.3, -0.25) is 0 Å². The van der Waals surface area contributed by atoms with Gasteiger partial charge >= 0.3 is 5.97 Å². The van der Waals surface area contributed by atoms with Gasteiger partial charge < -0.3 is 9.67 Å². The maximum absolute atomic E-state index is 12.8. The molecule has 2 N–H and O–H groups in total. The number of halogens is 1. The fraction of sp³-hybridized carbons (Fsp3) is 0.250. The smallest absolute Gasteiger partial charge is 0.335 e. The van der Waals surface area contributed by atoms with Gasteiger partial charge in [0.05, 0.1) is 16.9 Å². The largest absolute Gasteiger partial charge is 0.478 e. The molecule has 1 aromatic heterocycles. The number of aromatic carboxylic acids is 1. The number of fused-ring (bicyclic) bond motifs is 1. The van der Waals surface area contributed by atoms with E-state index >= 15 is 0 Å². The summed E-state index contributed by atoms with van der Waals surface area (Å²) in [4.78, 5) is 11.3. The molecule has 5 aromatic rings. The maximum Gasteiger partial charge on any atom is 0.335 e. The van der Waals surface area contributed by atoms with E-state index in [1.165, 1.54) is 0 Å². The van der Waals surface area contributed by atoms with Crippen molar-refractivity contribution in [1.29, 1.82) is 0 Å².